The summed E-state index contributed by atoms with van der Waals surface area (Å²) < 4.78 is 27.7. The van der Waals surface area contributed by atoms with Gasteiger partial charge in [0.2, 0.25) is 5.88 Å². The molecule has 0 aromatic carbocycles. The third kappa shape index (κ3) is 3.81. The van der Waals surface area contributed by atoms with Crippen LogP contribution in [0.15, 0.2) is 17.2 Å². The van der Waals surface area contributed by atoms with Crippen molar-refractivity contribution in [2.24, 2.45) is 5.92 Å². The van der Waals surface area contributed by atoms with Crippen molar-refractivity contribution in [3.05, 3.63) is 17.3 Å². The van der Waals surface area contributed by atoms with Gasteiger partial charge in [-0.3, -0.25) is 0 Å². The van der Waals surface area contributed by atoms with Gasteiger partial charge in [-0.05, 0) is 12.0 Å². The zero-order chi connectivity index (χ0) is 12.3. The van der Waals surface area contributed by atoms with Gasteiger partial charge in [0, 0.05) is 16.9 Å². The molecular weight excluding hydrogens is 273 g/mol. The van der Waals surface area contributed by atoms with Gasteiger partial charge in [0.05, 0.1) is 11.6 Å². The molecule has 0 unspecified atom stereocenters. The largest absolute Gasteiger partial charge is 0.476 e. The molecule has 7 heteroatoms. The van der Waals surface area contributed by atoms with Gasteiger partial charge in [0.1, 0.15) is 4.90 Å². The first kappa shape index (κ1) is 13.5. The number of nitrogens with zero attached hydrogens (tertiary/aromatic N) is 1. The lowest BCUT2D eigenvalue weighted by atomic mass is 10.2. The molecule has 1 heterocycles. The molecule has 4 nitrogen and oxygen atoms in total. The highest BCUT2D eigenvalue weighted by Crippen LogP contribution is 2.27. The Kier molecular flexibility index (Phi) is 4.41. The van der Waals surface area contributed by atoms with Crippen molar-refractivity contribution in [2.45, 2.75) is 18.7 Å². The van der Waals surface area contributed by atoms with Gasteiger partial charge in [-0.25, -0.2) is 13.4 Å². The molecule has 1 aromatic heterocycles. The zero-order valence-corrected chi connectivity index (χ0v) is 11.1. The Balaban J connectivity index is 3.09. The molecule has 0 atom stereocenters. The van der Waals surface area contributed by atoms with Crippen molar-refractivity contribution in [1.29, 1.82) is 0 Å². The summed E-state index contributed by atoms with van der Waals surface area (Å²) in [6.45, 7) is 4.23. The van der Waals surface area contributed by atoms with E-state index in [-0.39, 0.29) is 21.7 Å². The average Bonchev–Trinajstić information content (AvgIpc) is 2.14. The highest BCUT2D eigenvalue weighted by atomic mass is 35.7. The topological polar surface area (TPSA) is 56.3 Å². The van der Waals surface area contributed by atoms with E-state index in [4.69, 9.17) is 27.0 Å². The Morgan fingerprint density at radius 1 is 1.50 bits per heavy atom. The maximum atomic E-state index is 11.2. The van der Waals surface area contributed by atoms with Gasteiger partial charge in [0.15, 0.2) is 0 Å². The number of halogens is 2. The first-order chi connectivity index (χ1) is 7.30. The first-order valence-electron chi connectivity index (χ1n) is 4.53. The number of hydrogen-bond acceptors (Lipinski definition) is 4. The smallest absolute Gasteiger partial charge is 0.266 e. The summed E-state index contributed by atoms with van der Waals surface area (Å²) in [6, 6.07) is 1.21. The summed E-state index contributed by atoms with van der Waals surface area (Å²) in [4.78, 5) is 3.59. The summed E-state index contributed by atoms with van der Waals surface area (Å²) in [6.07, 6.45) is 1.31. The van der Waals surface area contributed by atoms with Crippen molar-refractivity contribution in [2.75, 3.05) is 6.61 Å². The Bertz CT molecular complexity index is 474. The molecule has 0 aliphatic carbocycles. The van der Waals surface area contributed by atoms with E-state index in [2.05, 4.69) is 4.98 Å². The zero-order valence-electron chi connectivity index (χ0n) is 8.78. The van der Waals surface area contributed by atoms with E-state index in [1.54, 1.807) is 0 Å². The third-order valence-corrected chi connectivity index (χ3v) is 3.12. The summed E-state index contributed by atoms with van der Waals surface area (Å²) in [5.74, 6) is 0.233. The van der Waals surface area contributed by atoms with Crippen molar-refractivity contribution in [3.8, 4) is 5.88 Å². The fourth-order valence-electron chi connectivity index (χ4n) is 0.937. The highest BCUT2D eigenvalue weighted by molar-refractivity contribution is 8.13. The minimum Gasteiger partial charge on any atom is -0.476 e. The van der Waals surface area contributed by atoms with Gasteiger partial charge in [-0.2, -0.15) is 0 Å². The van der Waals surface area contributed by atoms with Crippen LogP contribution < -0.4 is 4.74 Å². The van der Waals surface area contributed by atoms with Crippen molar-refractivity contribution >= 4 is 31.3 Å². The summed E-state index contributed by atoms with van der Waals surface area (Å²) in [5, 5.41) is 0.191. The van der Waals surface area contributed by atoms with Crippen LogP contribution in [0.1, 0.15) is 13.8 Å². The first-order valence-corrected chi connectivity index (χ1v) is 7.22. The minimum atomic E-state index is -3.90. The third-order valence-electron chi connectivity index (χ3n) is 1.60. The number of aromatic nitrogens is 1. The SMILES string of the molecule is CC(C)COc1ncc(Cl)cc1S(=O)(=O)Cl. The number of ether oxygens (including phenoxy) is 1. The second kappa shape index (κ2) is 5.21. The van der Waals surface area contributed by atoms with Gasteiger partial charge in [0.25, 0.3) is 9.05 Å². The lowest BCUT2D eigenvalue weighted by Gasteiger charge is -2.10. The molecule has 16 heavy (non-hydrogen) atoms. The van der Waals surface area contributed by atoms with Crippen LogP contribution in [0, 0.1) is 5.92 Å². The summed E-state index contributed by atoms with van der Waals surface area (Å²) >= 11 is 5.64. The molecule has 90 valence electrons. The molecule has 0 N–H and O–H groups in total. The van der Waals surface area contributed by atoms with Gasteiger partial charge < -0.3 is 4.74 Å². The van der Waals surface area contributed by atoms with E-state index in [1.165, 1.54) is 12.3 Å². The molecule has 0 saturated carbocycles. The van der Waals surface area contributed by atoms with Crippen LogP contribution in [0.4, 0.5) is 0 Å². The number of rotatable bonds is 4. The lowest BCUT2D eigenvalue weighted by Crippen LogP contribution is -2.08. The molecule has 0 radical (unpaired) electrons. The Hall–Kier alpha value is -0.520. The van der Waals surface area contributed by atoms with Crippen LogP contribution in [0.2, 0.25) is 5.02 Å². The fourth-order valence-corrected chi connectivity index (χ4v) is 2.08. The monoisotopic (exact) mass is 283 g/mol. The molecule has 0 saturated heterocycles. The van der Waals surface area contributed by atoms with E-state index >= 15 is 0 Å². The second-order valence-corrected chi connectivity index (χ2v) is 6.57. The normalized spacial score (nSPS) is 11.8. The highest BCUT2D eigenvalue weighted by Gasteiger charge is 2.19. The maximum absolute atomic E-state index is 11.2. The maximum Gasteiger partial charge on any atom is 0.266 e. The predicted octanol–water partition coefficient (Wildman–Crippen LogP) is 2.70. The van der Waals surface area contributed by atoms with Crippen molar-refractivity contribution in [1.82, 2.24) is 4.98 Å². The van der Waals surface area contributed by atoms with E-state index in [0.717, 1.165) is 0 Å². The fraction of sp³-hybridized carbons (Fsp3) is 0.444. The molecule has 0 aliphatic rings. The van der Waals surface area contributed by atoms with E-state index < -0.39 is 9.05 Å². The molecule has 0 spiro atoms. The lowest BCUT2D eigenvalue weighted by molar-refractivity contribution is 0.254. The molecule has 0 amide bonds. The van der Waals surface area contributed by atoms with Crippen LogP contribution in [0.25, 0.3) is 0 Å². The molecule has 0 bridgehead atoms. The molecule has 0 fully saturated rings. The number of pyridine rings is 1. The van der Waals surface area contributed by atoms with Crippen LogP contribution >= 0.6 is 22.3 Å². The van der Waals surface area contributed by atoms with E-state index in [1.807, 2.05) is 13.8 Å². The van der Waals surface area contributed by atoms with Gasteiger partial charge in [-0.1, -0.05) is 25.4 Å². The van der Waals surface area contributed by atoms with Gasteiger partial charge in [-0.15, -0.1) is 0 Å². The van der Waals surface area contributed by atoms with Gasteiger partial charge >= 0.3 is 0 Å². The molecule has 1 rings (SSSR count). The second-order valence-electron chi connectivity index (χ2n) is 3.60. The quantitative estimate of drug-likeness (QED) is 0.798. The summed E-state index contributed by atoms with van der Waals surface area (Å²) in [5.41, 5.74) is 0. The predicted molar refractivity (Wildman–Crippen MR) is 62.6 cm³/mol. The van der Waals surface area contributed by atoms with Crippen molar-refractivity contribution < 1.29 is 13.2 Å². The minimum absolute atomic E-state index is 0.0203. The van der Waals surface area contributed by atoms with E-state index in [9.17, 15) is 8.42 Å². The van der Waals surface area contributed by atoms with Crippen LogP contribution in [0.3, 0.4) is 0 Å². The number of hydrogen-bond donors (Lipinski definition) is 0. The summed E-state index contributed by atoms with van der Waals surface area (Å²) in [7, 11) is 1.34. The average molecular weight is 284 g/mol. The van der Waals surface area contributed by atoms with Crippen LogP contribution in [0.5, 0.6) is 5.88 Å². The Morgan fingerprint density at radius 3 is 2.62 bits per heavy atom. The molecule has 0 aliphatic heterocycles. The van der Waals surface area contributed by atoms with Crippen LogP contribution in [-0.2, 0) is 9.05 Å². The Labute approximate surface area is 104 Å². The Morgan fingerprint density at radius 2 is 2.12 bits per heavy atom. The van der Waals surface area contributed by atoms with Crippen molar-refractivity contribution in [3.63, 3.8) is 0 Å². The molecular formula is C9H11Cl2NO3S. The van der Waals surface area contributed by atoms with E-state index in [0.29, 0.717) is 6.61 Å². The molecule has 1 aromatic rings. The van der Waals surface area contributed by atoms with Crippen LogP contribution in [-0.4, -0.2) is 20.0 Å². The standard InChI is InChI=1S/C9H11Cl2NO3S/c1-6(2)5-15-9-8(16(11,13)14)3-7(10)4-12-9/h3-4,6H,5H2,1-2H3.